The van der Waals surface area contributed by atoms with E-state index in [9.17, 15) is 20.4 Å². The lowest BCUT2D eigenvalue weighted by Gasteiger charge is -2.47. The fraction of sp³-hybridized carbons (Fsp3) is 0.444. The Bertz CT molecular complexity index is 798. The molecule has 0 aliphatic carbocycles. The molecule has 1 aromatic carbocycles. The number of benzene rings is 1. The lowest BCUT2D eigenvalue weighted by molar-refractivity contribution is -0.366. The third-order valence-corrected chi connectivity index (χ3v) is 6.29. The lowest BCUT2D eigenvalue weighted by Crippen LogP contribution is -2.64. The van der Waals surface area contributed by atoms with Gasteiger partial charge in [0.25, 0.3) is 0 Å². The number of halogens is 2. The predicted molar refractivity (Wildman–Crippen MR) is 102 cm³/mol. The van der Waals surface area contributed by atoms with Crippen molar-refractivity contribution in [1.82, 2.24) is 0 Å². The fourth-order valence-electron chi connectivity index (χ4n) is 3.23. The highest BCUT2D eigenvalue weighted by Gasteiger charge is 2.55. The number of methoxy groups -OCH3 is 1. The van der Waals surface area contributed by atoms with Crippen molar-refractivity contribution in [2.75, 3.05) is 13.7 Å². The summed E-state index contributed by atoms with van der Waals surface area (Å²) in [6.45, 7) is -0.551. The second kappa shape index (κ2) is 8.32. The summed E-state index contributed by atoms with van der Waals surface area (Å²) in [5.41, 5.74) is 1.16. The molecule has 2 aromatic rings. The van der Waals surface area contributed by atoms with Crippen molar-refractivity contribution in [2.45, 2.75) is 36.6 Å². The number of aliphatic hydroxyl groups excluding tert-OH is 4. The van der Waals surface area contributed by atoms with Crippen LogP contribution in [0.1, 0.15) is 16.0 Å². The van der Waals surface area contributed by atoms with Crippen LogP contribution in [0.2, 0.25) is 9.36 Å². The summed E-state index contributed by atoms with van der Waals surface area (Å²) in [5.74, 6) is -1.77. The van der Waals surface area contributed by atoms with Gasteiger partial charge < -0.3 is 29.9 Å². The van der Waals surface area contributed by atoms with Crippen LogP contribution in [0, 0.1) is 0 Å². The van der Waals surface area contributed by atoms with Gasteiger partial charge in [0, 0.05) is 29.0 Å². The van der Waals surface area contributed by atoms with Gasteiger partial charge in [0.05, 0.1) is 10.9 Å². The van der Waals surface area contributed by atoms with Crippen molar-refractivity contribution in [3.05, 3.63) is 55.7 Å². The molecule has 0 saturated carbocycles. The minimum Gasteiger partial charge on any atom is -0.394 e. The topological polar surface area (TPSA) is 99.4 Å². The zero-order valence-electron chi connectivity index (χ0n) is 14.4. The average Bonchev–Trinajstić information content (AvgIpc) is 3.07. The molecule has 148 valence electrons. The lowest BCUT2D eigenvalue weighted by atomic mass is 9.87. The van der Waals surface area contributed by atoms with E-state index in [-0.39, 0.29) is 0 Å². The smallest absolute Gasteiger partial charge is 0.224 e. The zero-order chi connectivity index (χ0) is 19.8. The zero-order valence-corrected chi connectivity index (χ0v) is 16.7. The molecular formula is C18H20Cl2O6S. The van der Waals surface area contributed by atoms with E-state index >= 15 is 0 Å². The monoisotopic (exact) mass is 434 g/mol. The first kappa shape index (κ1) is 21.0. The van der Waals surface area contributed by atoms with Crippen LogP contribution in [0.4, 0.5) is 0 Å². The molecule has 3 rings (SSSR count). The molecule has 0 amide bonds. The van der Waals surface area contributed by atoms with Crippen LogP contribution < -0.4 is 0 Å². The third-order valence-electron chi connectivity index (χ3n) is 4.69. The molecule has 6 nitrogen and oxygen atoms in total. The SMILES string of the molecule is COC1(c2ccc(Cl)c(Cc3ccc(Cl)s3)c2)O[C@H](CO)[C@@H](O)[C@H](O)[C@H]1O. The highest BCUT2D eigenvalue weighted by atomic mass is 35.5. The summed E-state index contributed by atoms with van der Waals surface area (Å²) >= 11 is 13.7. The molecule has 0 bridgehead atoms. The second-order valence-electron chi connectivity index (χ2n) is 6.33. The van der Waals surface area contributed by atoms with E-state index in [0.29, 0.717) is 21.3 Å². The van der Waals surface area contributed by atoms with Crippen LogP contribution in [0.25, 0.3) is 0 Å². The van der Waals surface area contributed by atoms with Gasteiger partial charge in [0.2, 0.25) is 5.79 Å². The summed E-state index contributed by atoms with van der Waals surface area (Å²) in [5, 5.41) is 40.8. The molecule has 0 radical (unpaired) electrons. The van der Waals surface area contributed by atoms with E-state index < -0.39 is 36.8 Å². The Morgan fingerprint density at radius 2 is 1.89 bits per heavy atom. The van der Waals surface area contributed by atoms with Gasteiger partial charge in [0.15, 0.2) is 0 Å². The van der Waals surface area contributed by atoms with Crippen LogP contribution in [0.3, 0.4) is 0 Å². The van der Waals surface area contributed by atoms with Gasteiger partial charge in [-0.2, -0.15) is 0 Å². The molecule has 1 aliphatic rings. The molecule has 2 heterocycles. The minimum absolute atomic E-state index is 0.406. The van der Waals surface area contributed by atoms with Crippen LogP contribution in [0.5, 0.6) is 0 Å². The molecule has 1 aliphatic heterocycles. The first-order valence-electron chi connectivity index (χ1n) is 8.23. The Morgan fingerprint density at radius 1 is 1.15 bits per heavy atom. The number of hydrogen-bond donors (Lipinski definition) is 4. The normalized spacial score (nSPS) is 31.2. The molecule has 1 aromatic heterocycles. The van der Waals surface area contributed by atoms with E-state index in [0.717, 1.165) is 10.4 Å². The Kier molecular flexibility index (Phi) is 6.47. The molecule has 1 unspecified atom stereocenters. The number of hydrogen-bond acceptors (Lipinski definition) is 7. The number of rotatable bonds is 5. The second-order valence-corrected chi connectivity index (χ2v) is 8.53. The molecule has 5 atom stereocenters. The van der Waals surface area contributed by atoms with Crippen molar-refractivity contribution in [2.24, 2.45) is 0 Å². The Labute approximate surface area is 170 Å². The summed E-state index contributed by atoms with van der Waals surface area (Å²) in [7, 11) is 1.31. The summed E-state index contributed by atoms with van der Waals surface area (Å²) < 4.78 is 11.8. The number of thiophene rings is 1. The quantitative estimate of drug-likeness (QED) is 0.573. The van der Waals surface area contributed by atoms with Crippen molar-refractivity contribution in [1.29, 1.82) is 0 Å². The molecule has 27 heavy (non-hydrogen) atoms. The standard InChI is InChI=1S/C18H20Cl2O6S/c1-25-18(17(24)16(23)15(22)13(8-21)26-18)10-2-4-12(19)9(6-10)7-11-3-5-14(20)27-11/h2-6,13,15-17,21-24H,7-8H2,1H3/t13-,15-,16+,17-,18?/m1/s1. The molecule has 1 saturated heterocycles. The van der Waals surface area contributed by atoms with Crippen LogP contribution in [-0.4, -0.2) is 58.6 Å². The molecule has 1 fully saturated rings. The van der Waals surface area contributed by atoms with Crippen LogP contribution in [-0.2, 0) is 21.7 Å². The van der Waals surface area contributed by atoms with Crippen LogP contribution >= 0.6 is 34.5 Å². The van der Waals surface area contributed by atoms with Gasteiger partial charge in [-0.1, -0.05) is 29.3 Å². The Balaban J connectivity index is 2.00. The number of ether oxygens (including phenoxy) is 2. The summed E-state index contributed by atoms with van der Waals surface area (Å²) in [6, 6.07) is 8.66. The number of aliphatic hydroxyl groups is 4. The van der Waals surface area contributed by atoms with Gasteiger partial charge in [-0.15, -0.1) is 11.3 Å². The summed E-state index contributed by atoms with van der Waals surface area (Å²) in [4.78, 5) is 0.999. The van der Waals surface area contributed by atoms with Gasteiger partial charge in [-0.05, 0) is 29.8 Å². The van der Waals surface area contributed by atoms with E-state index in [1.54, 1.807) is 24.3 Å². The first-order valence-corrected chi connectivity index (χ1v) is 9.80. The predicted octanol–water partition coefficient (Wildman–Crippen LogP) is 1.92. The van der Waals surface area contributed by atoms with Gasteiger partial charge >= 0.3 is 0 Å². The maximum Gasteiger partial charge on any atom is 0.224 e. The van der Waals surface area contributed by atoms with Crippen molar-refractivity contribution in [3.8, 4) is 0 Å². The molecule has 4 N–H and O–H groups in total. The third kappa shape index (κ3) is 3.89. The maximum absolute atomic E-state index is 10.6. The highest BCUT2D eigenvalue weighted by Crippen LogP contribution is 2.40. The Hall–Kier alpha value is -0.740. The van der Waals surface area contributed by atoms with Gasteiger partial charge in [0.1, 0.15) is 24.4 Å². The fourth-order valence-corrected chi connectivity index (χ4v) is 4.52. The Morgan fingerprint density at radius 3 is 2.48 bits per heavy atom. The van der Waals surface area contributed by atoms with Gasteiger partial charge in [-0.25, -0.2) is 0 Å². The largest absolute Gasteiger partial charge is 0.394 e. The van der Waals surface area contributed by atoms with Crippen molar-refractivity contribution < 1.29 is 29.9 Å². The van der Waals surface area contributed by atoms with E-state index in [1.807, 2.05) is 6.07 Å². The van der Waals surface area contributed by atoms with E-state index in [2.05, 4.69) is 0 Å². The van der Waals surface area contributed by atoms with Crippen molar-refractivity contribution >= 4 is 34.5 Å². The van der Waals surface area contributed by atoms with Crippen molar-refractivity contribution in [3.63, 3.8) is 0 Å². The average molecular weight is 435 g/mol. The van der Waals surface area contributed by atoms with E-state index in [4.69, 9.17) is 32.7 Å². The van der Waals surface area contributed by atoms with E-state index in [1.165, 1.54) is 18.4 Å². The molecular weight excluding hydrogens is 415 g/mol. The maximum atomic E-state index is 10.6. The molecule has 9 heteroatoms. The van der Waals surface area contributed by atoms with Gasteiger partial charge in [-0.3, -0.25) is 0 Å². The highest BCUT2D eigenvalue weighted by molar-refractivity contribution is 7.16. The van der Waals surface area contributed by atoms with Crippen LogP contribution in [0.15, 0.2) is 30.3 Å². The first-order chi connectivity index (χ1) is 12.8. The minimum atomic E-state index is -1.77. The summed E-state index contributed by atoms with van der Waals surface area (Å²) in [6.07, 6.45) is -5.21. The molecule has 0 spiro atoms.